The van der Waals surface area contributed by atoms with Crippen LogP contribution in [0.5, 0.6) is 0 Å². The van der Waals surface area contributed by atoms with Crippen molar-refractivity contribution in [1.82, 2.24) is 0 Å². The first kappa shape index (κ1) is 17.5. The number of nitrogens with zero attached hydrogens (tertiary/aromatic N) is 1. The van der Waals surface area contributed by atoms with Crippen molar-refractivity contribution >= 4 is 34.8 Å². The van der Waals surface area contributed by atoms with E-state index in [4.69, 9.17) is 16.9 Å². The lowest BCUT2D eigenvalue weighted by Gasteiger charge is -2.10. The van der Waals surface area contributed by atoms with Crippen LogP contribution in [0.15, 0.2) is 78.9 Å². The number of hydrogen-bond donors (Lipinski definition) is 1. The number of rotatable bonds is 4. The second-order valence-corrected chi connectivity index (χ2v) is 6.00. The third-order valence-electron chi connectivity index (χ3n) is 3.79. The molecule has 0 saturated heterocycles. The van der Waals surface area contributed by atoms with Gasteiger partial charge >= 0.3 is 0 Å². The van der Waals surface area contributed by atoms with Crippen molar-refractivity contribution in [2.24, 2.45) is 0 Å². The molecular formula is C22H15ClN2O. The van der Waals surface area contributed by atoms with Crippen LogP contribution < -0.4 is 5.32 Å². The minimum Gasteiger partial charge on any atom is -0.322 e. The molecule has 3 nitrogen and oxygen atoms in total. The highest BCUT2D eigenvalue weighted by atomic mass is 35.5. The van der Waals surface area contributed by atoms with E-state index in [-0.39, 0.29) is 5.91 Å². The number of hydrogen-bond acceptors (Lipinski definition) is 2. The fourth-order valence-corrected chi connectivity index (χ4v) is 2.72. The Morgan fingerprint density at radius 3 is 2.23 bits per heavy atom. The monoisotopic (exact) mass is 358 g/mol. The molecule has 126 valence electrons. The van der Waals surface area contributed by atoms with Gasteiger partial charge in [-0.1, -0.05) is 72.3 Å². The molecule has 0 aliphatic rings. The average Bonchev–Trinajstić information content (AvgIpc) is 2.68. The molecule has 0 spiro atoms. The molecule has 1 amide bonds. The van der Waals surface area contributed by atoms with E-state index < -0.39 is 0 Å². The largest absolute Gasteiger partial charge is 0.322 e. The predicted molar refractivity (Wildman–Crippen MR) is 106 cm³/mol. The van der Waals surface area contributed by atoms with E-state index in [0.717, 1.165) is 11.1 Å². The van der Waals surface area contributed by atoms with Crippen molar-refractivity contribution in [2.45, 2.75) is 0 Å². The van der Waals surface area contributed by atoms with E-state index in [1.165, 1.54) is 0 Å². The topological polar surface area (TPSA) is 52.9 Å². The lowest BCUT2D eigenvalue weighted by Crippen LogP contribution is -2.13. The molecule has 0 aliphatic heterocycles. The van der Waals surface area contributed by atoms with Crippen LogP contribution in [0.2, 0.25) is 5.02 Å². The number of nitrogens with one attached hydrogen (secondary N) is 1. The number of carbonyl (C=O) groups excluding carboxylic acids is 1. The molecule has 3 aromatic rings. The number of carbonyl (C=O) groups is 1. The van der Waals surface area contributed by atoms with Gasteiger partial charge in [0.15, 0.2) is 0 Å². The van der Waals surface area contributed by atoms with Crippen molar-refractivity contribution < 1.29 is 4.79 Å². The second-order valence-electron chi connectivity index (χ2n) is 5.60. The summed E-state index contributed by atoms with van der Waals surface area (Å²) in [7, 11) is 0. The van der Waals surface area contributed by atoms with E-state index in [2.05, 4.69) is 5.32 Å². The van der Waals surface area contributed by atoms with Crippen LogP contribution in [-0.4, -0.2) is 5.91 Å². The van der Waals surface area contributed by atoms with E-state index in [0.29, 0.717) is 21.8 Å². The van der Waals surface area contributed by atoms with Gasteiger partial charge in [0, 0.05) is 11.3 Å². The third-order valence-corrected chi connectivity index (χ3v) is 4.10. The molecule has 0 radical (unpaired) electrons. The van der Waals surface area contributed by atoms with Gasteiger partial charge in [-0.25, -0.2) is 0 Å². The molecule has 0 aliphatic carbocycles. The maximum atomic E-state index is 12.9. The molecule has 0 unspecified atom stereocenters. The summed E-state index contributed by atoms with van der Waals surface area (Å²) in [4.78, 5) is 12.9. The standard InChI is InChI=1S/C22H15ClN2O/c23-21-14-19(12-11-18(21)15-24)25-22(26)20(17-9-5-2-6-10-17)13-16-7-3-1-4-8-16/h1-14H,(H,25,26)/b20-13+. The molecule has 4 heteroatoms. The zero-order valence-electron chi connectivity index (χ0n) is 13.8. The lowest BCUT2D eigenvalue weighted by molar-refractivity contribution is -0.111. The van der Waals surface area contributed by atoms with Crippen LogP contribution in [0.1, 0.15) is 16.7 Å². The van der Waals surface area contributed by atoms with Crippen LogP contribution in [0, 0.1) is 11.3 Å². The Balaban J connectivity index is 1.94. The molecule has 0 aromatic heterocycles. The van der Waals surface area contributed by atoms with Gasteiger partial charge in [0.1, 0.15) is 6.07 Å². The summed E-state index contributed by atoms with van der Waals surface area (Å²) < 4.78 is 0. The van der Waals surface area contributed by atoms with Crippen molar-refractivity contribution in [1.29, 1.82) is 5.26 Å². The Bertz CT molecular complexity index is 990. The smallest absolute Gasteiger partial charge is 0.256 e. The Labute approximate surface area is 157 Å². The summed E-state index contributed by atoms with van der Waals surface area (Å²) in [6, 6.07) is 25.9. The van der Waals surface area contributed by atoms with E-state index >= 15 is 0 Å². The molecule has 0 fully saturated rings. The Morgan fingerprint density at radius 2 is 1.62 bits per heavy atom. The first-order chi connectivity index (χ1) is 12.7. The minimum atomic E-state index is -0.249. The number of benzene rings is 3. The van der Waals surface area contributed by atoms with Crippen LogP contribution in [0.4, 0.5) is 5.69 Å². The molecule has 0 bridgehead atoms. The first-order valence-electron chi connectivity index (χ1n) is 8.00. The summed E-state index contributed by atoms with van der Waals surface area (Å²) in [6.07, 6.45) is 1.84. The lowest BCUT2D eigenvalue weighted by atomic mass is 10.0. The molecule has 26 heavy (non-hydrogen) atoms. The van der Waals surface area contributed by atoms with Crippen molar-refractivity contribution in [3.05, 3.63) is 101 Å². The number of anilines is 1. The number of amides is 1. The van der Waals surface area contributed by atoms with Crippen LogP contribution in [0.3, 0.4) is 0 Å². The maximum Gasteiger partial charge on any atom is 0.256 e. The summed E-state index contributed by atoms with van der Waals surface area (Å²) in [6.45, 7) is 0. The molecule has 0 saturated carbocycles. The average molecular weight is 359 g/mol. The number of halogens is 1. The van der Waals surface area contributed by atoms with Crippen LogP contribution in [-0.2, 0) is 4.79 Å². The molecule has 3 rings (SSSR count). The van der Waals surface area contributed by atoms with Crippen molar-refractivity contribution in [3.8, 4) is 6.07 Å². The van der Waals surface area contributed by atoms with Gasteiger partial charge in [0.25, 0.3) is 5.91 Å². The van der Waals surface area contributed by atoms with Gasteiger partial charge in [0.2, 0.25) is 0 Å². The number of nitriles is 1. The van der Waals surface area contributed by atoms with E-state index in [9.17, 15) is 4.79 Å². The molecule has 0 atom stereocenters. The highest BCUT2D eigenvalue weighted by Gasteiger charge is 2.13. The molecule has 1 N–H and O–H groups in total. The van der Waals surface area contributed by atoms with Crippen LogP contribution >= 0.6 is 11.6 Å². The van der Waals surface area contributed by atoms with Gasteiger partial charge in [-0.3, -0.25) is 4.79 Å². The Morgan fingerprint density at radius 1 is 0.962 bits per heavy atom. The SMILES string of the molecule is N#Cc1ccc(NC(=O)/C(=C/c2ccccc2)c2ccccc2)cc1Cl. The minimum absolute atomic E-state index is 0.249. The highest BCUT2D eigenvalue weighted by Crippen LogP contribution is 2.23. The second kappa shape index (κ2) is 8.15. The normalized spacial score (nSPS) is 10.8. The van der Waals surface area contributed by atoms with E-state index in [1.807, 2.05) is 72.8 Å². The van der Waals surface area contributed by atoms with Crippen LogP contribution in [0.25, 0.3) is 11.6 Å². The molecule has 0 heterocycles. The summed E-state index contributed by atoms with van der Waals surface area (Å²) >= 11 is 6.05. The predicted octanol–water partition coefficient (Wildman–Crippen LogP) is 5.39. The maximum absolute atomic E-state index is 12.9. The quantitative estimate of drug-likeness (QED) is 0.502. The van der Waals surface area contributed by atoms with Crippen molar-refractivity contribution in [3.63, 3.8) is 0 Å². The zero-order valence-corrected chi connectivity index (χ0v) is 14.6. The third kappa shape index (κ3) is 4.18. The first-order valence-corrected chi connectivity index (χ1v) is 8.38. The Kier molecular flexibility index (Phi) is 5.48. The van der Waals surface area contributed by atoms with E-state index in [1.54, 1.807) is 18.2 Å². The summed E-state index contributed by atoms with van der Waals surface area (Å²) in [5.74, 6) is -0.249. The highest BCUT2D eigenvalue weighted by molar-refractivity contribution is 6.32. The zero-order chi connectivity index (χ0) is 18.4. The fraction of sp³-hybridized carbons (Fsp3) is 0. The fourth-order valence-electron chi connectivity index (χ4n) is 2.50. The Hall–Kier alpha value is -3.35. The van der Waals surface area contributed by atoms with Gasteiger partial charge in [-0.2, -0.15) is 5.26 Å². The molecule has 3 aromatic carbocycles. The van der Waals surface area contributed by atoms with Crippen molar-refractivity contribution in [2.75, 3.05) is 5.32 Å². The summed E-state index contributed by atoms with van der Waals surface area (Å²) in [5.41, 5.74) is 3.19. The van der Waals surface area contributed by atoms with Gasteiger partial charge in [-0.15, -0.1) is 0 Å². The van der Waals surface area contributed by atoms with Gasteiger partial charge in [0.05, 0.1) is 10.6 Å². The summed E-state index contributed by atoms with van der Waals surface area (Å²) in [5, 5.41) is 12.1. The van der Waals surface area contributed by atoms with Gasteiger partial charge in [-0.05, 0) is 35.4 Å². The molecular weight excluding hydrogens is 344 g/mol. The van der Waals surface area contributed by atoms with Gasteiger partial charge < -0.3 is 5.32 Å².